The molecule has 4 aromatic rings. The van der Waals surface area contributed by atoms with E-state index in [4.69, 9.17) is 0 Å². The van der Waals surface area contributed by atoms with Gasteiger partial charge in [-0.2, -0.15) is 10.4 Å². The van der Waals surface area contributed by atoms with Crippen LogP contribution in [0.15, 0.2) is 76.6 Å². The topological polar surface area (TPSA) is 114 Å². The van der Waals surface area contributed by atoms with Crippen molar-refractivity contribution in [2.24, 2.45) is 5.10 Å². The number of aromatic hydroxyl groups is 1. The Morgan fingerprint density at radius 3 is 2.62 bits per heavy atom. The second-order valence-corrected chi connectivity index (χ2v) is 6.21. The van der Waals surface area contributed by atoms with E-state index in [-0.39, 0.29) is 23.0 Å². The summed E-state index contributed by atoms with van der Waals surface area (Å²) in [5.41, 5.74) is 3.49. The lowest BCUT2D eigenvalue weighted by molar-refractivity contribution is 0.475. The van der Waals surface area contributed by atoms with Gasteiger partial charge in [-0.15, -0.1) is 0 Å². The van der Waals surface area contributed by atoms with Crippen LogP contribution in [0.3, 0.4) is 0 Å². The Hall–Kier alpha value is -4.44. The molecule has 0 fully saturated rings. The van der Waals surface area contributed by atoms with E-state index in [1.165, 1.54) is 6.21 Å². The zero-order chi connectivity index (χ0) is 20.2. The van der Waals surface area contributed by atoms with E-state index >= 15 is 0 Å². The minimum Gasteiger partial charge on any atom is -0.507 e. The Morgan fingerprint density at radius 1 is 1.07 bits per heavy atom. The molecule has 29 heavy (non-hydrogen) atoms. The summed E-state index contributed by atoms with van der Waals surface area (Å²) in [6.45, 7) is 0. The lowest BCUT2D eigenvalue weighted by Gasteiger charge is -2.07. The van der Waals surface area contributed by atoms with Crippen molar-refractivity contribution < 1.29 is 5.11 Å². The minimum absolute atomic E-state index is 0.0718. The number of aromatic amines is 1. The largest absolute Gasteiger partial charge is 0.507 e. The van der Waals surface area contributed by atoms with Crippen molar-refractivity contribution in [2.45, 2.75) is 0 Å². The van der Waals surface area contributed by atoms with Crippen molar-refractivity contribution in [3.63, 3.8) is 0 Å². The van der Waals surface area contributed by atoms with Crippen LogP contribution in [0.1, 0.15) is 11.1 Å². The molecular formula is C22H15N5O2. The van der Waals surface area contributed by atoms with Crippen LogP contribution < -0.4 is 11.0 Å². The summed E-state index contributed by atoms with van der Waals surface area (Å²) in [5.74, 6) is 0.171. The summed E-state index contributed by atoms with van der Waals surface area (Å²) in [7, 11) is 0. The van der Waals surface area contributed by atoms with E-state index < -0.39 is 5.56 Å². The lowest BCUT2D eigenvalue weighted by atomic mass is 10.0. The van der Waals surface area contributed by atoms with Gasteiger partial charge in [0.2, 0.25) is 5.95 Å². The highest BCUT2D eigenvalue weighted by atomic mass is 16.3. The highest BCUT2D eigenvalue weighted by molar-refractivity contribution is 6.02. The summed E-state index contributed by atoms with van der Waals surface area (Å²) in [6, 6.07) is 21.9. The van der Waals surface area contributed by atoms with Gasteiger partial charge in [0.1, 0.15) is 17.4 Å². The van der Waals surface area contributed by atoms with Gasteiger partial charge in [0.05, 0.1) is 11.9 Å². The van der Waals surface area contributed by atoms with Crippen molar-refractivity contribution in [2.75, 3.05) is 5.43 Å². The summed E-state index contributed by atoms with van der Waals surface area (Å²) < 4.78 is 0. The number of anilines is 1. The van der Waals surface area contributed by atoms with Crippen molar-refractivity contribution in [1.29, 1.82) is 5.26 Å². The number of phenolic OH excluding ortho intramolecular Hbond substituents is 1. The number of nitrogens with zero attached hydrogens (tertiary/aromatic N) is 3. The number of phenols is 1. The fourth-order valence-corrected chi connectivity index (χ4v) is 3.01. The van der Waals surface area contributed by atoms with E-state index in [2.05, 4.69) is 20.5 Å². The average Bonchev–Trinajstić information content (AvgIpc) is 2.75. The SMILES string of the molecule is N#Cc1c(-c2ccccc2)nc(NN=Cc2c(O)ccc3ccccc23)[nH]c1=O. The van der Waals surface area contributed by atoms with Gasteiger partial charge in [-0.05, 0) is 16.8 Å². The predicted octanol–water partition coefficient (Wildman–Crippen LogP) is 3.61. The average molecular weight is 381 g/mol. The molecule has 0 saturated heterocycles. The first-order valence-corrected chi connectivity index (χ1v) is 8.77. The second-order valence-electron chi connectivity index (χ2n) is 6.21. The Morgan fingerprint density at radius 2 is 1.83 bits per heavy atom. The van der Waals surface area contributed by atoms with Crippen LogP contribution >= 0.6 is 0 Å². The van der Waals surface area contributed by atoms with Gasteiger partial charge in [-0.25, -0.2) is 10.4 Å². The van der Waals surface area contributed by atoms with E-state index in [1.54, 1.807) is 30.3 Å². The maximum absolute atomic E-state index is 12.3. The van der Waals surface area contributed by atoms with E-state index in [0.29, 0.717) is 11.1 Å². The van der Waals surface area contributed by atoms with Crippen molar-refractivity contribution in [3.8, 4) is 23.1 Å². The molecule has 140 valence electrons. The summed E-state index contributed by atoms with van der Waals surface area (Å²) >= 11 is 0. The van der Waals surface area contributed by atoms with Crippen LogP contribution in [0.4, 0.5) is 5.95 Å². The Labute approximate surface area is 165 Å². The van der Waals surface area contributed by atoms with Gasteiger partial charge < -0.3 is 5.11 Å². The molecule has 3 aromatic carbocycles. The quantitative estimate of drug-likeness (QED) is 0.369. The van der Waals surface area contributed by atoms with Gasteiger partial charge in [0.15, 0.2) is 0 Å². The molecule has 1 heterocycles. The van der Waals surface area contributed by atoms with Crippen LogP contribution in [0.5, 0.6) is 5.75 Å². The number of hydrogen-bond acceptors (Lipinski definition) is 6. The summed E-state index contributed by atoms with van der Waals surface area (Å²) in [6.07, 6.45) is 1.46. The number of nitrogens with one attached hydrogen (secondary N) is 2. The predicted molar refractivity (Wildman–Crippen MR) is 112 cm³/mol. The van der Waals surface area contributed by atoms with Crippen LogP contribution in [0, 0.1) is 11.3 Å². The van der Waals surface area contributed by atoms with Crippen LogP contribution in [-0.4, -0.2) is 21.3 Å². The fourth-order valence-electron chi connectivity index (χ4n) is 3.01. The molecule has 7 nitrogen and oxygen atoms in total. The van der Waals surface area contributed by atoms with Gasteiger partial charge in [-0.1, -0.05) is 60.7 Å². The molecule has 0 aliphatic heterocycles. The molecule has 0 spiro atoms. The maximum Gasteiger partial charge on any atom is 0.270 e. The zero-order valence-corrected chi connectivity index (χ0v) is 15.1. The van der Waals surface area contributed by atoms with Crippen molar-refractivity contribution in [1.82, 2.24) is 9.97 Å². The number of benzene rings is 3. The first kappa shape index (κ1) is 17.9. The number of rotatable bonds is 4. The van der Waals surface area contributed by atoms with E-state index in [0.717, 1.165) is 10.8 Å². The molecule has 4 rings (SSSR count). The number of hydrogen-bond donors (Lipinski definition) is 3. The molecule has 1 aromatic heterocycles. The highest BCUT2D eigenvalue weighted by Crippen LogP contribution is 2.25. The Kier molecular flexibility index (Phi) is 4.74. The van der Waals surface area contributed by atoms with E-state index in [9.17, 15) is 15.2 Å². The zero-order valence-electron chi connectivity index (χ0n) is 15.1. The van der Waals surface area contributed by atoms with Gasteiger partial charge >= 0.3 is 0 Å². The standard InChI is InChI=1S/C22H15N5O2/c23-12-17-20(15-7-2-1-3-8-15)25-22(26-21(17)29)27-24-13-18-16-9-5-4-6-14(16)10-11-19(18)28/h1-11,13,28H,(H2,25,26,27,29). The number of fused-ring (bicyclic) bond motifs is 1. The van der Waals surface area contributed by atoms with Crippen molar-refractivity contribution >= 4 is 22.9 Å². The van der Waals surface area contributed by atoms with Gasteiger partial charge in [-0.3, -0.25) is 9.78 Å². The van der Waals surface area contributed by atoms with Crippen LogP contribution in [-0.2, 0) is 0 Å². The third-order valence-corrected chi connectivity index (χ3v) is 4.39. The molecule has 0 saturated carbocycles. The van der Waals surface area contributed by atoms with Gasteiger partial charge in [0.25, 0.3) is 5.56 Å². The monoisotopic (exact) mass is 381 g/mol. The number of H-pyrrole nitrogens is 1. The lowest BCUT2D eigenvalue weighted by Crippen LogP contribution is -2.16. The smallest absolute Gasteiger partial charge is 0.270 e. The molecule has 3 N–H and O–H groups in total. The first-order chi connectivity index (χ1) is 14.2. The normalized spacial score (nSPS) is 10.9. The third kappa shape index (κ3) is 3.55. The number of hydrazone groups is 1. The van der Waals surface area contributed by atoms with Gasteiger partial charge in [0, 0.05) is 11.1 Å². The second kappa shape index (κ2) is 7.66. The molecular weight excluding hydrogens is 366 g/mol. The Bertz CT molecular complexity index is 1320. The van der Waals surface area contributed by atoms with Crippen molar-refractivity contribution in [3.05, 3.63) is 88.2 Å². The van der Waals surface area contributed by atoms with E-state index in [1.807, 2.05) is 42.5 Å². The van der Waals surface area contributed by atoms with Crippen LogP contribution in [0.2, 0.25) is 0 Å². The molecule has 0 aliphatic carbocycles. The highest BCUT2D eigenvalue weighted by Gasteiger charge is 2.13. The van der Waals surface area contributed by atoms with Crippen LogP contribution in [0.25, 0.3) is 22.0 Å². The third-order valence-electron chi connectivity index (χ3n) is 4.39. The molecule has 7 heteroatoms. The Balaban J connectivity index is 1.70. The number of nitriles is 1. The molecule has 0 unspecified atom stereocenters. The maximum atomic E-state index is 12.3. The molecule has 0 atom stereocenters. The molecule has 0 bridgehead atoms. The number of aromatic nitrogens is 2. The summed E-state index contributed by atoms with van der Waals surface area (Å²) in [4.78, 5) is 19.1. The molecule has 0 radical (unpaired) electrons. The first-order valence-electron chi connectivity index (χ1n) is 8.77. The minimum atomic E-state index is -0.563. The summed E-state index contributed by atoms with van der Waals surface area (Å²) in [5, 5.41) is 25.4. The molecule has 0 amide bonds. The fraction of sp³-hybridized carbons (Fsp3) is 0. The molecule has 0 aliphatic rings.